The summed E-state index contributed by atoms with van der Waals surface area (Å²) < 4.78 is 0. The van der Waals surface area contributed by atoms with Crippen LogP contribution in [-0.4, -0.2) is 73.6 Å². The summed E-state index contributed by atoms with van der Waals surface area (Å²) in [4.78, 5) is 17.1. The van der Waals surface area contributed by atoms with Crippen molar-refractivity contribution in [3.05, 3.63) is 0 Å². The second-order valence-corrected chi connectivity index (χ2v) is 7.06. The molecule has 0 spiro atoms. The van der Waals surface area contributed by atoms with Gasteiger partial charge in [-0.25, -0.2) is 0 Å². The molecule has 5 nitrogen and oxygen atoms in total. The summed E-state index contributed by atoms with van der Waals surface area (Å²) >= 11 is 0. The number of hydrogen-bond donors (Lipinski definition) is 2. The summed E-state index contributed by atoms with van der Waals surface area (Å²) in [6.07, 6.45) is 5.02. The number of amides is 1. The highest BCUT2D eigenvalue weighted by Gasteiger charge is 2.29. The van der Waals surface area contributed by atoms with Crippen molar-refractivity contribution in [1.82, 2.24) is 20.4 Å². The van der Waals surface area contributed by atoms with E-state index in [-0.39, 0.29) is 5.91 Å². The molecule has 2 N–H and O–H groups in total. The number of carbonyl (C=O) groups excluding carboxylic acids is 1. The average molecular weight is 294 g/mol. The van der Waals surface area contributed by atoms with Crippen molar-refractivity contribution in [2.75, 3.05) is 45.8 Å². The summed E-state index contributed by atoms with van der Waals surface area (Å²) in [5.41, 5.74) is 0. The Morgan fingerprint density at radius 3 is 2.48 bits per heavy atom. The largest absolute Gasteiger partial charge is 0.352 e. The lowest BCUT2D eigenvalue weighted by Gasteiger charge is -2.43. The van der Waals surface area contributed by atoms with Gasteiger partial charge in [-0.1, -0.05) is 19.8 Å². The topological polar surface area (TPSA) is 47.6 Å². The van der Waals surface area contributed by atoms with Crippen LogP contribution in [0.15, 0.2) is 0 Å². The lowest BCUT2D eigenvalue weighted by molar-refractivity contribution is -0.124. The molecule has 2 saturated heterocycles. The van der Waals surface area contributed by atoms with E-state index in [0.717, 1.165) is 51.7 Å². The van der Waals surface area contributed by atoms with Crippen LogP contribution in [0.3, 0.4) is 0 Å². The van der Waals surface area contributed by atoms with Gasteiger partial charge in [-0.3, -0.25) is 14.6 Å². The van der Waals surface area contributed by atoms with Gasteiger partial charge in [0.1, 0.15) is 0 Å². The summed E-state index contributed by atoms with van der Waals surface area (Å²) in [7, 11) is 0. The van der Waals surface area contributed by atoms with Crippen LogP contribution in [0.4, 0.5) is 0 Å². The van der Waals surface area contributed by atoms with E-state index >= 15 is 0 Å². The normalized spacial score (nSPS) is 32.6. The molecular weight excluding hydrogens is 264 g/mol. The molecule has 1 aliphatic carbocycles. The zero-order valence-electron chi connectivity index (χ0n) is 13.3. The zero-order chi connectivity index (χ0) is 14.7. The van der Waals surface area contributed by atoms with Crippen LogP contribution in [0, 0.1) is 5.92 Å². The highest BCUT2D eigenvalue weighted by molar-refractivity contribution is 5.78. The van der Waals surface area contributed by atoms with E-state index in [1.165, 1.54) is 19.3 Å². The Labute approximate surface area is 128 Å². The van der Waals surface area contributed by atoms with Gasteiger partial charge < -0.3 is 10.6 Å². The molecule has 0 bridgehead atoms. The first kappa shape index (κ1) is 15.3. The van der Waals surface area contributed by atoms with Gasteiger partial charge in [-0.15, -0.1) is 0 Å². The second kappa shape index (κ2) is 7.07. The Kier molecular flexibility index (Phi) is 5.14. The Hall–Kier alpha value is -0.650. The molecule has 3 rings (SSSR count). The molecule has 0 aromatic carbocycles. The third-order valence-corrected chi connectivity index (χ3v) is 5.51. The van der Waals surface area contributed by atoms with Crippen molar-refractivity contribution in [3.63, 3.8) is 0 Å². The van der Waals surface area contributed by atoms with Crippen molar-refractivity contribution in [2.45, 2.75) is 44.7 Å². The fraction of sp³-hybridized carbons (Fsp3) is 0.938. The molecule has 2 heterocycles. The Bertz CT molecular complexity index is 350. The maximum absolute atomic E-state index is 12.2. The lowest BCUT2D eigenvalue weighted by Crippen LogP contribution is -2.62. The van der Waals surface area contributed by atoms with Gasteiger partial charge in [0.2, 0.25) is 5.91 Å². The van der Waals surface area contributed by atoms with Gasteiger partial charge in [0.25, 0.3) is 0 Å². The van der Waals surface area contributed by atoms with Crippen LogP contribution >= 0.6 is 0 Å². The molecular formula is C16H30N4O. The maximum atomic E-state index is 12.2. The predicted octanol–water partition coefficient (Wildman–Crippen LogP) is 0.271. The Morgan fingerprint density at radius 2 is 1.86 bits per heavy atom. The lowest BCUT2D eigenvalue weighted by atomic mass is 9.86. The Balaban J connectivity index is 1.37. The first-order valence-corrected chi connectivity index (χ1v) is 8.69. The molecule has 21 heavy (non-hydrogen) atoms. The molecule has 0 radical (unpaired) electrons. The van der Waals surface area contributed by atoms with Gasteiger partial charge in [0.05, 0.1) is 6.54 Å². The van der Waals surface area contributed by atoms with Gasteiger partial charge in [0.15, 0.2) is 0 Å². The minimum absolute atomic E-state index is 0.229. The fourth-order valence-corrected chi connectivity index (χ4v) is 3.80. The van der Waals surface area contributed by atoms with Crippen LogP contribution in [0.1, 0.15) is 32.6 Å². The molecule has 3 fully saturated rings. The molecule has 1 amide bonds. The van der Waals surface area contributed by atoms with Crippen molar-refractivity contribution in [3.8, 4) is 0 Å². The summed E-state index contributed by atoms with van der Waals surface area (Å²) in [5, 5.41) is 6.60. The molecule has 2 atom stereocenters. The van der Waals surface area contributed by atoms with E-state index < -0.39 is 0 Å². The van der Waals surface area contributed by atoms with E-state index in [9.17, 15) is 4.79 Å². The monoisotopic (exact) mass is 294 g/mol. The van der Waals surface area contributed by atoms with Gasteiger partial charge in [-0.05, 0) is 18.8 Å². The van der Waals surface area contributed by atoms with Crippen LogP contribution in [0.5, 0.6) is 0 Å². The number of hydrogen-bond acceptors (Lipinski definition) is 4. The standard InChI is InChI=1S/C16H30N4O/c1-13-4-2-3-5-15(13)18-16(21)12-19-6-8-20(9-7-19)14-10-17-11-14/h13-15,17H,2-12H2,1H3,(H,18,21). The molecule has 3 aliphatic rings. The smallest absolute Gasteiger partial charge is 0.234 e. The molecule has 0 aromatic rings. The number of nitrogens with zero attached hydrogens (tertiary/aromatic N) is 2. The summed E-state index contributed by atoms with van der Waals surface area (Å²) in [5.74, 6) is 0.873. The van der Waals surface area contributed by atoms with Crippen molar-refractivity contribution >= 4 is 5.91 Å². The van der Waals surface area contributed by atoms with E-state index in [0.29, 0.717) is 18.5 Å². The predicted molar refractivity (Wildman–Crippen MR) is 84.2 cm³/mol. The fourth-order valence-electron chi connectivity index (χ4n) is 3.80. The zero-order valence-corrected chi connectivity index (χ0v) is 13.3. The molecule has 2 aliphatic heterocycles. The highest BCUT2D eigenvalue weighted by atomic mass is 16.2. The summed E-state index contributed by atoms with van der Waals surface area (Å²) in [6.45, 7) is 9.42. The third kappa shape index (κ3) is 3.96. The van der Waals surface area contributed by atoms with Crippen LogP contribution in [0.2, 0.25) is 0 Å². The Morgan fingerprint density at radius 1 is 1.14 bits per heavy atom. The minimum atomic E-state index is 0.229. The first-order valence-electron chi connectivity index (χ1n) is 8.69. The average Bonchev–Trinajstić information content (AvgIpc) is 2.42. The number of piperazine rings is 1. The minimum Gasteiger partial charge on any atom is -0.352 e. The molecule has 5 heteroatoms. The van der Waals surface area contributed by atoms with Gasteiger partial charge in [0, 0.05) is 51.4 Å². The first-order chi connectivity index (χ1) is 10.2. The molecule has 2 unspecified atom stereocenters. The molecule has 0 aromatic heterocycles. The van der Waals surface area contributed by atoms with Gasteiger partial charge >= 0.3 is 0 Å². The van der Waals surface area contributed by atoms with E-state index in [1.54, 1.807) is 0 Å². The number of nitrogens with one attached hydrogen (secondary N) is 2. The maximum Gasteiger partial charge on any atom is 0.234 e. The van der Waals surface area contributed by atoms with E-state index in [4.69, 9.17) is 0 Å². The van der Waals surface area contributed by atoms with Crippen LogP contribution in [0.25, 0.3) is 0 Å². The highest BCUT2D eigenvalue weighted by Crippen LogP contribution is 2.23. The van der Waals surface area contributed by atoms with E-state index in [1.807, 2.05) is 0 Å². The van der Waals surface area contributed by atoms with Crippen molar-refractivity contribution in [2.24, 2.45) is 5.92 Å². The van der Waals surface area contributed by atoms with E-state index in [2.05, 4.69) is 27.4 Å². The van der Waals surface area contributed by atoms with Crippen LogP contribution in [-0.2, 0) is 4.79 Å². The molecule has 1 saturated carbocycles. The van der Waals surface area contributed by atoms with Crippen LogP contribution < -0.4 is 10.6 Å². The SMILES string of the molecule is CC1CCCCC1NC(=O)CN1CCN(C2CNC2)CC1. The number of carbonyl (C=O) groups is 1. The molecule has 120 valence electrons. The number of rotatable bonds is 4. The second-order valence-electron chi connectivity index (χ2n) is 7.06. The van der Waals surface area contributed by atoms with Gasteiger partial charge in [-0.2, -0.15) is 0 Å². The third-order valence-electron chi connectivity index (χ3n) is 5.51. The van der Waals surface area contributed by atoms with Crippen molar-refractivity contribution in [1.29, 1.82) is 0 Å². The quantitative estimate of drug-likeness (QED) is 0.781. The van der Waals surface area contributed by atoms with Crippen molar-refractivity contribution < 1.29 is 4.79 Å². The summed E-state index contributed by atoms with van der Waals surface area (Å²) in [6, 6.07) is 1.15.